The first kappa shape index (κ1) is 19.7. The van der Waals surface area contributed by atoms with Gasteiger partial charge in [0.2, 0.25) is 5.91 Å². The molecular weight excluding hydrogens is 455 g/mol. The molecule has 3 aromatic carbocycles. The molecule has 2 amide bonds. The highest BCUT2D eigenvalue weighted by Crippen LogP contribution is 2.44. The Balaban J connectivity index is 1.67. The quantitative estimate of drug-likeness (QED) is 0.538. The zero-order valence-electron chi connectivity index (χ0n) is 15.1. The molecule has 1 aliphatic heterocycles. The van der Waals surface area contributed by atoms with Crippen molar-refractivity contribution in [3.05, 3.63) is 94.2 Å². The van der Waals surface area contributed by atoms with E-state index < -0.39 is 11.2 Å². The van der Waals surface area contributed by atoms with Crippen molar-refractivity contribution < 1.29 is 14.0 Å². The van der Waals surface area contributed by atoms with Gasteiger partial charge in [-0.2, -0.15) is 0 Å². The van der Waals surface area contributed by atoms with E-state index in [1.54, 1.807) is 48.5 Å². The molecule has 7 heteroatoms. The number of thioether (sulfide) groups is 1. The Labute approximate surface area is 180 Å². The summed E-state index contributed by atoms with van der Waals surface area (Å²) >= 11 is 4.76. The van der Waals surface area contributed by atoms with Crippen LogP contribution in [0.15, 0.2) is 77.3 Å². The van der Waals surface area contributed by atoms with Crippen molar-refractivity contribution in [2.45, 2.75) is 5.37 Å². The Kier molecular flexibility index (Phi) is 5.69. The van der Waals surface area contributed by atoms with Gasteiger partial charge in [-0.3, -0.25) is 14.5 Å². The summed E-state index contributed by atoms with van der Waals surface area (Å²) in [6.45, 7) is 0. The van der Waals surface area contributed by atoms with Gasteiger partial charge in [-0.05, 0) is 42.5 Å². The van der Waals surface area contributed by atoms with Crippen molar-refractivity contribution in [2.24, 2.45) is 0 Å². The molecule has 3 aromatic rings. The van der Waals surface area contributed by atoms with Crippen LogP contribution < -0.4 is 10.2 Å². The van der Waals surface area contributed by atoms with Gasteiger partial charge in [0.25, 0.3) is 5.91 Å². The molecule has 0 spiro atoms. The van der Waals surface area contributed by atoms with Gasteiger partial charge in [0.1, 0.15) is 11.2 Å². The first-order valence-corrected chi connectivity index (χ1v) is 10.7. The lowest BCUT2D eigenvalue weighted by Gasteiger charge is -2.26. The third-order valence-corrected chi connectivity index (χ3v) is 6.28. The molecule has 1 N–H and O–H groups in total. The minimum absolute atomic E-state index is 0.167. The number of hydrogen-bond donors (Lipinski definition) is 1. The van der Waals surface area contributed by atoms with E-state index in [2.05, 4.69) is 21.2 Å². The summed E-state index contributed by atoms with van der Waals surface area (Å²) < 4.78 is 15.3. The number of carbonyl (C=O) groups excluding carboxylic acids is 2. The molecule has 0 unspecified atom stereocenters. The number of para-hydroxylation sites is 2. The highest BCUT2D eigenvalue weighted by molar-refractivity contribution is 9.10. The van der Waals surface area contributed by atoms with Crippen LogP contribution >= 0.6 is 27.7 Å². The topological polar surface area (TPSA) is 49.4 Å². The summed E-state index contributed by atoms with van der Waals surface area (Å²) in [7, 11) is 0. The van der Waals surface area contributed by atoms with Crippen LogP contribution in [0, 0.1) is 5.82 Å². The second-order valence-corrected chi connectivity index (χ2v) is 8.41. The molecule has 0 bridgehead atoms. The number of carbonyl (C=O) groups is 2. The number of hydrogen-bond acceptors (Lipinski definition) is 3. The molecule has 146 valence electrons. The number of nitrogens with one attached hydrogen (secondary N) is 1. The predicted octanol–water partition coefficient (Wildman–Crippen LogP) is 5.62. The van der Waals surface area contributed by atoms with E-state index in [1.165, 1.54) is 22.7 Å². The van der Waals surface area contributed by atoms with Gasteiger partial charge in [0, 0.05) is 21.3 Å². The van der Waals surface area contributed by atoms with Gasteiger partial charge in [-0.25, -0.2) is 4.39 Å². The summed E-state index contributed by atoms with van der Waals surface area (Å²) in [4.78, 5) is 26.7. The largest absolute Gasteiger partial charge is 0.322 e. The Morgan fingerprint density at radius 1 is 1.03 bits per heavy atom. The summed E-state index contributed by atoms with van der Waals surface area (Å²) in [6, 6.07) is 20.6. The van der Waals surface area contributed by atoms with Crippen LogP contribution in [0.2, 0.25) is 0 Å². The summed E-state index contributed by atoms with van der Waals surface area (Å²) in [5.74, 6) is -0.630. The average Bonchev–Trinajstić information content (AvgIpc) is 3.10. The van der Waals surface area contributed by atoms with E-state index in [-0.39, 0.29) is 23.3 Å². The highest BCUT2D eigenvalue weighted by atomic mass is 79.9. The van der Waals surface area contributed by atoms with Crippen molar-refractivity contribution in [1.82, 2.24) is 0 Å². The standard InChI is InChI=1S/C22H16BrFN2O2S/c23-15-11-9-14(10-12-15)21(28)25-18-7-3-1-5-16(18)22-26(20(27)13-29-22)19-8-4-2-6-17(19)24/h1-12,22H,13H2,(H,25,28)/t22-/m0/s1. The smallest absolute Gasteiger partial charge is 0.255 e. The van der Waals surface area contributed by atoms with Crippen LogP contribution in [-0.2, 0) is 4.79 Å². The minimum Gasteiger partial charge on any atom is -0.322 e. The third-order valence-electron chi connectivity index (χ3n) is 4.56. The number of halogens is 2. The lowest BCUT2D eigenvalue weighted by molar-refractivity contribution is -0.115. The highest BCUT2D eigenvalue weighted by Gasteiger charge is 2.36. The molecule has 1 heterocycles. The second-order valence-electron chi connectivity index (χ2n) is 6.43. The first-order chi connectivity index (χ1) is 14.0. The Hall–Kier alpha value is -2.64. The molecule has 29 heavy (non-hydrogen) atoms. The summed E-state index contributed by atoms with van der Waals surface area (Å²) in [5.41, 5.74) is 2.09. The maximum absolute atomic E-state index is 14.4. The second kappa shape index (κ2) is 8.39. The van der Waals surface area contributed by atoms with Crippen molar-refractivity contribution in [3.63, 3.8) is 0 Å². The minimum atomic E-state index is -0.454. The van der Waals surface area contributed by atoms with Crippen molar-refractivity contribution in [2.75, 3.05) is 16.0 Å². The average molecular weight is 471 g/mol. The van der Waals surface area contributed by atoms with Crippen LogP contribution in [0.1, 0.15) is 21.3 Å². The van der Waals surface area contributed by atoms with Crippen LogP contribution in [-0.4, -0.2) is 17.6 Å². The summed E-state index contributed by atoms with van der Waals surface area (Å²) in [5, 5.41) is 2.50. The zero-order valence-corrected chi connectivity index (χ0v) is 17.5. The fourth-order valence-electron chi connectivity index (χ4n) is 3.18. The van der Waals surface area contributed by atoms with Crippen molar-refractivity contribution in [3.8, 4) is 0 Å². The van der Waals surface area contributed by atoms with Gasteiger partial charge < -0.3 is 5.32 Å². The van der Waals surface area contributed by atoms with E-state index in [9.17, 15) is 14.0 Å². The molecule has 0 aromatic heterocycles. The van der Waals surface area contributed by atoms with E-state index in [0.29, 0.717) is 11.3 Å². The van der Waals surface area contributed by atoms with E-state index in [4.69, 9.17) is 0 Å². The van der Waals surface area contributed by atoms with Gasteiger partial charge in [-0.1, -0.05) is 46.3 Å². The van der Waals surface area contributed by atoms with E-state index in [0.717, 1.165) is 10.0 Å². The molecule has 0 saturated carbocycles. The molecule has 4 nitrogen and oxygen atoms in total. The van der Waals surface area contributed by atoms with Gasteiger partial charge >= 0.3 is 0 Å². The van der Waals surface area contributed by atoms with Crippen LogP contribution in [0.3, 0.4) is 0 Å². The number of amides is 2. The van der Waals surface area contributed by atoms with Crippen LogP contribution in [0.5, 0.6) is 0 Å². The molecular formula is C22H16BrFN2O2S. The molecule has 1 aliphatic rings. The number of nitrogens with zero attached hydrogens (tertiary/aromatic N) is 1. The number of benzene rings is 3. The molecule has 1 saturated heterocycles. The first-order valence-electron chi connectivity index (χ1n) is 8.88. The maximum atomic E-state index is 14.4. The third kappa shape index (κ3) is 4.06. The molecule has 0 aliphatic carbocycles. The lowest BCUT2D eigenvalue weighted by Crippen LogP contribution is -2.29. The van der Waals surface area contributed by atoms with Crippen LogP contribution in [0.4, 0.5) is 15.8 Å². The Bertz CT molecular complexity index is 1070. The van der Waals surface area contributed by atoms with Crippen LogP contribution in [0.25, 0.3) is 0 Å². The number of anilines is 2. The Morgan fingerprint density at radius 2 is 1.72 bits per heavy atom. The maximum Gasteiger partial charge on any atom is 0.255 e. The fraction of sp³-hybridized carbons (Fsp3) is 0.0909. The molecule has 4 rings (SSSR count). The molecule has 1 fully saturated rings. The fourth-order valence-corrected chi connectivity index (χ4v) is 4.65. The summed E-state index contributed by atoms with van der Waals surface area (Å²) in [6.07, 6.45) is 0. The van der Waals surface area contributed by atoms with E-state index >= 15 is 0 Å². The Morgan fingerprint density at radius 3 is 2.48 bits per heavy atom. The predicted molar refractivity (Wildman–Crippen MR) is 118 cm³/mol. The van der Waals surface area contributed by atoms with Gasteiger partial charge in [0.15, 0.2) is 0 Å². The van der Waals surface area contributed by atoms with Gasteiger partial charge in [-0.15, -0.1) is 11.8 Å². The monoisotopic (exact) mass is 470 g/mol. The molecule has 0 radical (unpaired) electrons. The van der Waals surface area contributed by atoms with E-state index in [1.807, 2.05) is 18.2 Å². The van der Waals surface area contributed by atoms with Crippen molar-refractivity contribution >= 4 is 50.9 Å². The molecule has 1 atom stereocenters. The lowest BCUT2D eigenvalue weighted by atomic mass is 10.1. The SMILES string of the molecule is O=C(Nc1ccccc1[C@@H]1SCC(=O)N1c1ccccc1F)c1ccc(Br)cc1. The van der Waals surface area contributed by atoms with Crippen molar-refractivity contribution in [1.29, 1.82) is 0 Å². The normalized spacial score (nSPS) is 16.1. The van der Waals surface area contributed by atoms with Gasteiger partial charge in [0.05, 0.1) is 11.4 Å². The zero-order chi connectivity index (χ0) is 20.4. The number of rotatable bonds is 4.